The van der Waals surface area contributed by atoms with Crippen LogP contribution in [-0.4, -0.2) is 4.98 Å². The van der Waals surface area contributed by atoms with Crippen molar-refractivity contribution in [2.75, 3.05) is 5.73 Å². The van der Waals surface area contributed by atoms with Crippen molar-refractivity contribution < 1.29 is 17.9 Å². The third kappa shape index (κ3) is 2.81. The van der Waals surface area contributed by atoms with Crippen molar-refractivity contribution in [2.45, 2.75) is 6.18 Å². The fourth-order valence-electron chi connectivity index (χ4n) is 2.05. The number of anilines is 1. The van der Waals surface area contributed by atoms with E-state index in [0.29, 0.717) is 22.6 Å². The topological polar surface area (TPSA) is 48.1 Å². The lowest BCUT2D eigenvalue weighted by molar-refractivity contribution is -0.137. The van der Waals surface area contributed by atoms with Gasteiger partial charge < -0.3 is 10.5 Å². The Morgan fingerprint density at radius 1 is 0.955 bits per heavy atom. The first kappa shape index (κ1) is 14.2. The summed E-state index contributed by atoms with van der Waals surface area (Å²) in [6.45, 7) is 0. The van der Waals surface area contributed by atoms with Gasteiger partial charge >= 0.3 is 6.18 Å². The van der Waals surface area contributed by atoms with Crippen molar-refractivity contribution >= 4 is 16.6 Å². The van der Waals surface area contributed by atoms with Crippen LogP contribution in [0.4, 0.5) is 18.9 Å². The normalized spacial score (nSPS) is 11.6. The summed E-state index contributed by atoms with van der Waals surface area (Å²) < 4.78 is 43.9. The minimum absolute atomic E-state index is 0.225. The quantitative estimate of drug-likeness (QED) is 0.702. The van der Waals surface area contributed by atoms with Crippen LogP contribution in [0.3, 0.4) is 0 Å². The lowest BCUT2D eigenvalue weighted by Crippen LogP contribution is -2.04. The summed E-state index contributed by atoms with van der Waals surface area (Å²) in [7, 11) is 0. The number of ether oxygens (including phenoxy) is 1. The second-order valence-corrected chi connectivity index (χ2v) is 4.71. The van der Waals surface area contributed by atoms with Gasteiger partial charge in [-0.15, -0.1) is 0 Å². The molecule has 0 radical (unpaired) electrons. The van der Waals surface area contributed by atoms with E-state index in [-0.39, 0.29) is 5.52 Å². The summed E-state index contributed by atoms with van der Waals surface area (Å²) in [4.78, 5) is 3.97. The lowest BCUT2D eigenvalue weighted by Gasteiger charge is -2.11. The van der Waals surface area contributed by atoms with Crippen molar-refractivity contribution in [2.24, 2.45) is 0 Å². The van der Waals surface area contributed by atoms with Crippen LogP contribution in [0.2, 0.25) is 0 Å². The van der Waals surface area contributed by atoms with Gasteiger partial charge in [0.2, 0.25) is 0 Å². The van der Waals surface area contributed by atoms with Crippen molar-refractivity contribution in [1.82, 2.24) is 4.98 Å². The third-order valence-electron chi connectivity index (χ3n) is 3.14. The Hall–Kier alpha value is -2.76. The number of nitrogens with zero attached hydrogens (tertiary/aromatic N) is 1. The molecule has 1 aromatic heterocycles. The number of halogens is 3. The Balaban J connectivity index is 2.02. The Bertz CT molecular complexity index is 814. The van der Waals surface area contributed by atoms with Crippen molar-refractivity contribution in [3.8, 4) is 11.5 Å². The van der Waals surface area contributed by atoms with Crippen LogP contribution in [0.1, 0.15) is 5.56 Å². The molecule has 0 fully saturated rings. The van der Waals surface area contributed by atoms with Crippen LogP contribution in [0.5, 0.6) is 11.5 Å². The number of nitrogens with two attached hydrogens (primary N) is 1. The van der Waals surface area contributed by atoms with E-state index in [0.717, 1.165) is 12.1 Å². The molecule has 0 aliphatic heterocycles. The molecule has 2 aromatic carbocycles. The molecule has 0 unspecified atom stereocenters. The maximum absolute atomic E-state index is 12.7. The van der Waals surface area contributed by atoms with E-state index in [1.165, 1.54) is 12.3 Å². The van der Waals surface area contributed by atoms with Gasteiger partial charge in [-0.05, 0) is 48.5 Å². The highest BCUT2D eigenvalue weighted by molar-refractivity contribution is 5.85. The number of fused-ring (bicyclic) bond motifs is 1. The molecule has 0 aliphatic rings. The molecule has 3 aromatic rings. The van der Waals surface area contributed by atoms with E-state index in [1.54, 1.807) is 30.3 Å². The van der Waals surface area contributed by atoms with E-state index in [1.807, 2.05) is 0 Å². The zero-order chi connectivity index (χ0) is 15.7. The van der Waals surface area contributed by atoms with Gasteiger partial charge in [-0.2, -0.15) is 13.2 Å². The Morgan fingerprint density at radius 3 is 2.36 bits per heavy atom. The predicted molar refractivity (Wildman–Crippen MR) is 77.7 cm³/mol. The number of alkyl halides is 3. The van der Waals surface area contributed by atoms with Gasteiger partial charge in [0, 0.05) is 17.3 Å². The van der Waals surface area contributed by atoms with Gasteiger partial charge in [-0.25, -0.2) is 0 Å². The van der Waals surface area contributed by atoms with Crippen LogP contribution in [0.25, 0.3) is 10.9 Å². The first-order valence-corrected chi connectivity index (χ1v) is 6.43. The molecule has 0 saturated heterocycles. The summed E-state index contributed by atoms with van der Waals surface area (Å²) in [5, 5.41) is 0.507. The highest BCUT2D eigenvalue weighted by Crippen LogP contribution is 2.34. The van der Waals surface area contributed by atoms with E-state index in [4.69, 9.17) is 10.5 Å². The monoisotopic (exact) mass is 304 g/mol. The average Bonchev–Trinajstić information content (AvgIpc) is 2.48. The van der Waals surface area contributed by atoms with Crippen LogP contribution < -0.4 is 10.5 Å². The number of aromatic nitrogens is 1. The number of hydrogen-bond acceptors (Lipinski definition) is 3. The van der Waals surface area contributed by atoms with Gasteiger partial charge in [0.1, 0.15) is 11.5 Å². The summed E-state index contributed by atoms with van der Waals surface area (Å²) in [5.41, 5.74) is 5.68. The highest BCUT2D eigenvalue weighted by Gasteiger charge is 2.30. The Kier molecular flexibility index (Phi) is 3.36. The first-order valence-electron chi connectivity index (χ1n) is 6.43. The summed E-state index contributed by atoms with van der Waals surface area (Å²) in [5.74, 6) is 0.977. The molecule has 3 rings (SSSR count). The second kappa shape index (κ2) is 5.22. The molecule has 1 heterocycles. The van der Waals surface area contributed by atoms with Crippen molar-refractivity contribution in [1.29, 1.82) is 0 Å². The number of rotatable bonds is 2. The maximum Gasteiger partial charge on any atom is 0.416 e. The van der Waals surface area contributed by atoms with E-state index in [9.17, 15) is 13.2 Å². The van der Waals surface area contributed by atoms with Gasteiger partial charge in [0.15, 0.2) is 0 Å². The molecule has 0 aliphatic carbocycles. The summed E-state index contributed by atoms with van der Waals surface area (Å²) in [6, 6.07) is 11.7. The summed E-state index contributed by atoms with van der Waals surface area (Å²) in [6.07, 6.45) is -2.99. The molecule has 3 nitrogen and oxygen atoms in total. The molecule has 22 heavy (non-hydrogen) atoms. The van der Waals surface area contributed by atoms with Crippen molar-refractivity contribution in [3.05, 3.63) is 60.3 Å². The van der Waals surface area contributed by atoms with Gasteiger partial charge in [0.25, 0.3) is 0 Å². The van der Waals surface area contributed by atoms with E-state index >= 15 is 0 Å². The lowest BCUT2D eigenvalue weighted by atomic mass is 10.1. The number of nitrogen functional groups attached to an aromatic ring is 1. The molecule has 0 amide bonds. The smallest absolute Gasteiger partial charge is 0.416 e. The van der Waals surface area contributed by atoms with Gasteiger partial charge in [-0.1, -0.05) is 0 Å². The van der Waals surface area contributed by atoms with Gasteiger partial charge in [0.05, 0.1) is 11.1 Å². The largest absolute Gasteiger partial charge is 0.457 e. The number of hydrogen-bond donors (Lipinski definition) is 1. The SMILES string of the molecule is Nc1ccc(Oc2ccnc3cc(C(F)(F)F)ccc23)cc1. The maximum atomic E-state index is 12.7. The molecule has 6 heteroatoms. The molecule has 2 N–H and O–H groups in total. The van der Waals surface area contributed by atoms with Crippen molar-refractivity contribution in [3.63, 3.8) is 0 Å². The third-order valence-corrected chi connectivity index (χ3v) is 3.14. The molecule has 0 atom stereocenters. The van der Waals surface area contributed by atoms with E-state index in [2.05, 4.69) is 4.98 Å². The second-order valence-electron chi connectivity index (χ2n) is 4.71. The Morgan fingerprint density at radius 2 is 1.68 bits per heavy atom. The van der Waals surface area contributed by atoms with Crippen LogP contribution in [0.15, 0.2) is 54.7 Å². The average molecular weight is 304 g/mol. The van der Waals surface area contributed by atoms with Gasteiger partial charge in [-0.3, -0.25) is 4.98 Å². The minimum Gasteiger partial charge on any atom is -0.457 e. The molecule has 112 valence electrons. The number of benzene rings is 2. The highest BCUT2D eigenvalue weighted by atomic mass is 19.4. The Labute approximate surface area is 124 Å². The number of pyridine rings is 1. The van der Waals surface area contributed by atoms with Crippen LogP contribution >= 0.6 is 0 Å². The molecular weight excluding hydrogens is 293 g/mol. The predicted octanol–water partition coefficient (Wildman–Crippen LogP) is 4.63. The molecule has 0 spiro atoms. The minimum atomic E-state index is -4.40. The first-order chi connectivity index (χ1) is 10.4. The fourth-order valence-corrected chi connectivity index (χ4v) is 2.05. The zero-order valence-corrected chi connectivity index (χ0v) is 11.3. The fraction of sp³-hybridized carbons (Fsp3) is 0.0625. The molecule has 0 saturated carbocycles. The molecule has 0 bridgehead atoms. The zero-order valence-electron chi connectivity index (χ0n) is 11.3. The van der Waals surface area contributed by atoms with Crippen LogP contribution in [0, 0.1) is 0 Å². The van der Waals surface area contributed by atoms with Crippen LogP contribution in [-0.2, 0) is 6.18 Å². The molecular formula is C16H11F3N2O. The summed E-state index contributed by atoms with van der Waals surface area (Å²) >= 11 is 0. The standard InChI is InChI=1S/C16H11F3N2O/c17-16(18,19)10-1-6-13-14(9-10)21-8-7-15(13)22-12-4-2-11(20)3-5-12/h1-9H,20H2. The van der Waals surface area contributed by atoms with E-state index < -0.39 is 11.7 Å².